The van der Waals surface area contributed by atoms with E-state index in [2.05, 4.69) is 15.0 Å². The average Bonchev–Trinajstić information content (AvgIpc) is 3.36. The van der Waals surface area contributed by atoms with Gasteiger partial charge in [0.05, 0.1) is 21.9 Å². The van der Waals surface area contributed by atoms with Gasteiger partial charge in [-0.3, -0.25) is 9.59 Å². The van der Waals surface area contributed by atoms with Crippen LogP contribution in [0.15, 0.2) is 60.7 Å². The molecule has 0 saturated carbocycles. The number of aromatic carboxylic acids is 1. The molecule has 0 radical (unpaired) electrons. The number of fused-ring (bicyclic) bond motifs is 2. The van der Waals surface area contributed by atoms with Crippen molar-refractivity contribution < 1.29 is 19.5 Å². The van der Waals surface area contributed by atoms with Crippen molar-refractivity contribution in [1.82, 2.24) is 9.69 Å². The molecule has 4 aromatic rings. The number of carbonyl (C=O) groups is 3. The van der Waals surface area contributed by atoms with Crippen LogP contribution in [0, 0.1) is 6.92 Å². The number of nitrogens with one attached hydrogen (secondary N) is 2. The van der Waals surface area contributed by atoms with Gasteiger partial charge in [-0.15, -0.1) is 0 Å². The number of anilines is 1. The summed E-state index contributed by atoms with van der Waals surface area (Å²) in [6, 6.07) is 17.3. The molecule has 3 N–H and O–H groups in total. The van der Waals surface area contributed by atoms with E-state index in [1.165, 1.54) is 23.7 Å². The fraction of sp³-hybridized carbons (Fsp3) is 0.0833. The number of aromatic nitrogens is 1. The second kappa shape index (κ2) is 7.58. The van der Waals surface area contributed by atoms with Gasteiger partial charge >= 0.3 is 5.97 Å². The first-order valence-corrected chi connectivity index (χ1v) is 10.7. The molecular weight excluding hydrogens is 426 g/mol. The first kappa shape index (κ1) is 19.9. The standard InChI is InChI=1S/C24H17N3O4S/c1-12-6-2-3-7-13(12)20-19-16(11-10-15(24(30)31)18(19)22(28)26-20)25-23(29)21-14-8-4-5-9-17(14)32-27-21/h2-11,20H,1H3,(H,25,29)(H,26,28)(H,30,31). The van der Waals surface area contributed by atoms with Gasteiger partial charge in [0.2, 0.25) is 0 Å². The van der Waals surface area contributed by atoms with Gasteiger partial charge in [-0.1, -0.05) is 42.5 Å². The maximum atomic E-state index is 13.1. The minimum Gasteiger partial charge on any atom is -0.478 e. The number of carboxylic acid groups (broad SMARTS) is 1. The van der Waals surface area contributed by atoms with Crippen LogP contribution in [0.2, 0.25) is 0 Å². The Kier molecular flexibility index (Phi) is 4.71. The van der Waals surface area contributed by atoms with Crippen LogP contribution in [0.4, 0.5) is 5.69 Å². The third kappa shape index (κ3) is 3.12. The van der Waals surface area contributed by atoms with Gasteiger partial charge in [-0.05, 0) is 47.8 Å². The molecule has 0 aliphatic carbocycles. The van der Waals surface area contributed by atoms with Crippen molar-refractivity contribution in [3.8, 4) is 0 Å². The Bertz CT molecular complexity index is 1430. The highest BCUT2D eigenvalue weighted by Crippen LogP contribution is 2.39. The van der Waals surface area contributed by atoms with Crippen molar-refractivity contribution in [1.29, 1.82) is 0 Å². The number of nitrogens with zero attached hydrogens (tertiary/aromatic N) is 1. The number of aryl methyl sites for hydroxylation is 1. The van der Waals surface area contributed by atoms with Crippen molar-refractivity contribution in [3.63, 3.8) is 0 Å². The predicted octanol–water partition coefficient (Wildman–Crippen LogP) is 4.39. The number of carboxylic acids is 1. The minimum atomic E-state index is -1.20. The second-order valence-electron chi connectivity index (χ2n) is 7.50. The lowest BCUT2D eigenvalue weighted by Gasteiger charge is -2.18. The molecule has 1 unspecified atom stereocenters. The Morgan fingerprint density at radius 2 is 1.81 bits per heavy atom. The molecule has 0 spiro atoms. The van der Waals surface area contributed by atoms with Crippen LogP contribution in [-0.4, -0.2) is 27.3 Å². The van der Waals surface area contributed by atoms with Gasteiger partial charge in [0.25, 0.3) is 11.8 Å². The molecule has 0 saturated heterocycles. The lowest BCUT2D eigenvalue weighted by Crippen LogP contribution is -2.21. The minimum absolute atomic E-state index is 0.0617. The predicted molar refractivity (Wildman–Crippen MR) is 121 cm³/mol. The number of hydrogen-bond donors (Lipinski definition) is 3. The zero-order valence-corrected chi connectivity index (χ0v) is 17.7. The van der Waals surface area contributed by atoms with E-state index < -0.39 is 23.8 Å². The summed E-state index contributed by atoms with van der Waals surface area (Å²) in [6.07, 6.45) is 0. The van der Waals surface area contributed by atoms with Crippen molar-refractivity contribution in [2.75, 3.05) is 5.32 Å². The van der Waals surface area contributed by atoms with Crippen LogP contribution in [0.5, 0.6) is 0 Å². The fourth-order valence-corrected chi connectivity index (χ4v) is 4.88. The SMILES string of the molecule is Cc1ccccc1C1NC(=O)c2c(C(=O)O)ccc(NC(=O)c3nsc4ccccc34)c21. The normalized spacial score (nSPS) is 14.8. The molecule has 0 bridgehead atoms. The van der Waals surface area contributed by atoms with E-state index in [0.29, 0.717) is 11.3 Å². The molecule has 5 rings (SSSR count). The Morgan fingerprint density at radius 3 is 2.59 bits per heavy atom. The van der Waals surface area contributed by atoms with E-state index in [-0.39, 0.29) is 16.8 Å². The van der Waals surface area contributed by atoms with E-state index in [0.717, 1.165) is 21.2 Å². The summed E-state index contributed by atoms with van der Waals surface area (Å²) in [6.45, 7) is 1.92. The van der Waals surface area contributed by atoms with Gasteiger partial charge in [-0.2, -0.15) is 4.37 Å². The molecule has 158 valence electrons. The zero-order chi connectivity index (χ0) is 22.4. The van der Waals surface area contributed by atoms with Crippen LogP contribution in [0.3, 0.4) is 0 Å². The van der Waals surface area contributed by atoms with Crippen molar-refractivity contribution in [2.45, 2.75) is 13.0 Å². The van der Waals surface area contributed by atoms with E-state index in [1.807, 2.05) is 55.5 Å². The molecule has 3 aromatic carbocycles. The molecule has 1 aliphatic heterocycles. The zero-order valence-electron chi connectivity index (χ0n) is 16.9. The molecule has 7 nitrogen and oxygen atoms in total. The van der Waals surface area contributed by atoms with Crippen LogP contribution in [0.1, 0.15) is 53.9 Å². The largest absolute Gasteiger partial charge is 0.478 e. The third-order valence-electron chi connectivity index (χ3n) is 5.61. The lowest BCUT2D eigenvalue weighted by atomic mass is 9.91. The highest BCUT2D eigenvalue weighted by Gasteiger charge is 2.37. The summed E-state index contributed by atoms with van der Waals surface area (Å²) >= 11 is 1.23. The number of hydrogen-bond acceptors (Lipinski definition) is 5. The quantitative estimate of drug-likeness (QED) is 0.434. The second-order valence-corrected chi connectivity index (χ2v) is 8.30. The highest BCUT2D eigenvalue weighted by molar-refractivity contribution is 7.13. The Balaban J connectivity index is 1.64. The number of benzene rings is 3. The maximum Gasteiger partial charge on any atom is 0.336 e. The summed E-state index contributed by atoms with van der Waals surface area (Å²) in [7, 11) is 0. The van der Waals surface area contributed by atoms with Gasteiger partial charge in [-0.25, -0.2) is 4.79 Å². The third-order valence-corrected chi connectivity index (χ3v) is 6.43. The van der Waals surface area contributed by atoms with Gasteiger partial charge in [0.15, 0.2) is 0 Å². The average molecular weight is 443 g/mol. The summed E-state index contributed by atoms with van der Waals surface area (Å²) in [4.78, 5) is 37.7. The van der Waals surface area contributed by atoms with E-state index in [1.54, 1.807) is 0 Å². The summed E-state index contributed by atoms with van der Waals surface area (Å²) < 4.78 is 5.18. The first-order chi connectivity index (χ1) is 15.5. The van der Waals surface area contributed by atoms with Crippen LogP contribution < -0.4 is 10.6 Å². The number of amides is 2. The molecule has 32 heavy (non-hydrogen) atoms. The van der Waals surface area contributed by atoms with Crippen LogP contribution in [-0.2, 0) is 0 Å². The summed E-state index contributed by atoms with van der Waals surface area (Å²) in [5, 5.41) is 16.1. The van der Waals surface area contributed by atoms with Gasteiger partial charge < -0.3 is 15.7 Å². The molecule has 1 atom stereocenters. The molecule has 2 amide bonds. The Morgan fingerprint density at radius 1 is 1.06 bits per heavy atom. The Hall–Kier alpha value is -4.04. The maximum absolute atomic E-state index is 13.1. The fourth-order valence-electron chi connectivity index (χ4n) is 4.10. The smallest absolute Gasteiger partial charge is 0.336 e. The Labute approximate surface area is 186 Å². The molecule has 1 aliphatic rings. The molecule has 1 aromatic heterocycles. The van der Waals surface area contributed by atoms with Gasteiger partial charge in [0.1, 0.15) is 5.69 Å². The first-order valence-electron chi connectivity index (χ1n) is 9.88. The monoisotopic (exact) mass is 443 g/mol. The molecule has 0 fully saturated rings. The van der Waals surface area contributed by atoms with Gasteiger partial charge in [0, 0.05) is 16.6 Å². The van der Waals surface area contributed by atoms with Crippen molar-refractivity contribution in [2.24, 2.45) is 0 Å². The number of rotatable bonds is 4. The van der Waals surface area contributed by atoms with Crippen molar-refractivity contribution >= 4 is 45.1 Å². The number of carbonyl (C=O) groups excluding carboxylic acids is 2. The van der Waals surface area contributed by atoms with Crippen molar-refractivity contribution in [3.05, 3.63) is 94.2 Å². The van der Waals surface area contributed by atoms with E-state index in [4.69, 9.17) is 0 Å². The topological polar surface area (TPSA) is 108 Å². The van der Waals surface area contributed by atoms with Crippen LogP contribution in [0.25, 0.3) is 10.1 Å². The molecular formula is C24H17N3O4S. The molecule has 8 heteroatoms. The van der Waals surface area contributed by atoms with Crippen LogP contribution >= 0.6 is 11.5 Å². The highest BCUT2D eigenvalue weighted by atomic mass is 32.1. The van der Waals surface area contributed by atoms with E-state index >= 15 is 0 Å². The summed E-state index contributed by atoms with van der Waals surface area (Å²) in [5.74, 6) is -2.11. The molecule has 2 heterocycles. The van der Waals surface area contributed by atoms with E-state index in [9.17, 15) is 19.5 Å². The lowest BCUT2D eigenvalue weighted by molar-refractivity contribution is 0.0691. The summed E-state index contributed by atoms with van der Waals surface area (Å²) in [5.41, 5.74) is 2.82.